The van der Waals surface area contributed by atoms with Gasteiger partial charge in [-0.2, -0.15) is 0 Å². The number of aromatic nitrogens is 3. The zero-order valence-electron chi connectivity index (χ0n) is 17.8. The van der Waals surface area contributed by atoms with E-state index in [-0.39, 0.29) is 11.9 Å². The van der Waals surface area contributed by atoms with Crippen LogP contribution in [0.5, 0.6) is 0 Å². The molecule has 7 heteroatoms. The van der Waals surface area contributed by atoms with Crippen LogP contribution in [0.15, 0.2) is 84.0 Å². The number of hydrogen-bond acceptors (Lipinski definition) is 5. The van der Waals surface area contributed by atoms with E-state index in [1.807, 2.05) is 66.2 Å². The highest BCUT2D eigenvalue weighted by Gasteiger charge is 2.38. The Morgan fingerprint density at radius 3 is 2.25 bits per heavy atom. The van der Waals surface area contributed by atoms with Gasteiger partial charge in [0.25, 0.3) is 0 Å². The first-order chi connectivity index (χ1) is 15.6. The van der Waals surface area contributed by atoms with E-state index in [1.54, 1.807) is 0 Å². The van der Waals surface area contributed by atoms with Gasteiger partial charge in [0.2, 0.25) is 11.1 Å². The number of carbonyl (C=O) groups is 1. The van der Waals surface area contributed by atoms with Gasteiger partial charge < -0.3 is 10.7 Å². The first kappa shape index (κ1) is 20.3. The van der Waals surface area contributed by atoms with Crippen LogP contribution < -0.4 is 10.7 Å². The number of benzene rings is 3. The molecule has 2 heterocycles. The molecule has 32 heavy (non-hydrogen) atoms. The smallest absolute Gasteiger partial charge is 0.240 e. The number of anilines is 1. The topological polar surface area (TPSA) is 71.8 Å². The zero-order chi connectivity index (χ0) is 22.1. The molecule has 2 unspecified atom stereocenters. The molecule has 160 valence electrons. The van der Waals surface area contributed by atoms with Crippen LogP contribution >= 0.6 is 11.8 Å². The lowest BCUT2D eigenvalue weighted by Crippen LogP contribution is -2.41. The summed E-state index contributed by atoms with van der Waals surface area (Å²) in [6, 6.07) is 25.8. The van der Waals surface area contributed by atoms with Crippen molar-refractivity contribution in [3.05, 3.63) is 95.6 Å². The van der Waals surface area contributed by atoms with Gasteiger partial charge in [0.05, 0.1) is 6.04 Å². The second-order valence-electron chi connectivity index (χ2n) is 7.92. The average molecular weight is 442 g/mol. The van der Waals surface area contributed by atoms with Gasteiger partial charge >= 0.3 is 0 Å². The summed E-state index contributed by atoms with van der Waals surface area (Å²) in [5.74, 6) is 0.648. The standard InChI is InChI=1S/C25H23N5OS/c1-16-8-12-18(13-9-16)21-22(24(31)26-20-14-10-17(2)11-15-20)32-25-28-27-23(30(25)29-21)19-6-4-3-5-7-19/h3-15,21-22,29H,1-2H3,(H,26,31). The molecular weight excluding hydrogens is 418 g/mol. The second-order valence-corrected chi connectivity index (χ2v) is 9.03. The van der Waals surface area contributed by atoms with Gasteiger partial charge in [-0.05, 0) is 31.5 Å². The second kappa shape index (κ2) is 8.51. The van der Waals surface area contributed by atoms with Crippen molar-refractivity contribution >= 4 is 23.4 Å². The fraction of sp³-hybridized carbons (Fsp3) is 0.160. The van der Waals surface area contributed by atoms with Gasteiger partial charge in [-0.15, -0.1) is 10.2 Å². The third kappa shape index (κ3) is 3.99. The number of fused-ring (bicyclic) bond motifs is 1. The van der Waals surface area contributed by atoms with Gasteiger partial charge in [0, 0.05) is 11.3 Å². The minimum absolute atomic E-state index is 0.0764. The predicted molar refractivity (Wildman–Crippen MR) is 128 cm³/mol. The largest absolute Gasteiger partial charge is 0.325 e. The minimum Gasteiger partial charge on any atom is -0.325 e. The van der Waals surface area contributed by atoms with Gasteiger partial charge in [0.15, 0.2) is 5.82 Å². The number of hydrogen-bond donors (Lipinski definition) is 2. The molecule has 0 bridgehead atoms. The molecule has 0 saturated carbocycles. The summed E-state index contributed by atoms with van der Waals surface area (Å²) >= 11 is 1.42. The molecule has 0 radical (unpaired) electrons. The van der Waals surface area contributed by atoms with E-state index in [2.05, 4.69) is 52.1 Å². The van der Waals surface area contributed by atoms with Crippen molar-refractivity contribution in [3.8, 4) is 11.4 Å². The molecule has 6 nitrogen and oxygen atoms in total. The minimum atomic E-state index is -0.417. The number of thioether (sulfide) groups is 1. The summed E-state index contributed by atoms with van der Waals surface area (Å²) in [7, 11) is 0. The Hall–Kier alpha value is -3.58. The maximum Gasteiger partial charge on any atom is 0.240 e. The van der Waals surface area contributed by atoms with Crippen LogP contribution in [-0.4, -0.2) is 26.0 Å². The molecule has 2 N–H and O–H groups in total. The monoisotopic (exact) mass is 441 g/mol. The molecule has 3 aromatic carbocycles. The Morgan fingerprint density at radius 2 is 1.56 bits per heavy atom. The van der Waals surface area contributed by atoms with Crippen molar-refractivity contribution in [1.29, 1.82) is 0 Å². The van der Waals surface area contributed by atoms with E-state index in [9.17, 15) is 4.79 Å². The first-order valence-corrected chi connectivity index (χ1v) is 11.3. The molecule has 0 spiro atoms. The predicted octanol–water partition coefficient (Wildman–Crippen LogP) is 4.96. The molecule has 4 aromatic rings. The molecule has 0 aliphatic carbocycles. The van der Waals surface area contributed by atoms with Gasteiger partial charge in [-0.1, -0.05) is 89.6 Å². The Labute approximate surface area is 191 Å². The van der Waals surface area contributed by atoms with Gasteiger partial charge in [0.1, 0.15) is 5.25 Å². The van der Waals surface area contributed by atoms with E-state index in [4.69, 9.17) is 0 Å². The van der Waals surface area contributed by atoms with Crippen molar-refractivity contribution in [2.24, 2.45) is 0 Å². The average Bonchev–Trinajstić information content (AvgIpc) is 3.24. The molecule has 1 aromatic heterocycles. The summed E-state index contributed by atoms with van der Waals surface area (Å²) in [6.07, 6.45) is 0. The highest BCUT2D eigenvalue weighted by molar-refractivity contribution is 8.00. The zero-order valence-corrected chi connectivity index (χ0v) is 18.6. The molecule has 5 rings (SSSR count). The Morgan fingerprint density at radius 1 is 0.906 bits per heavy atom. The van der Waals surface area contributed by atoms with Crippen molar-refractivity contribution in [3.63, 3.8) is 0 Å². The summed E-state index contributed by atoms with van der Waals surface area (Å²) in [4.78, 5) is 13.4. The van der Waals surface area contributed by atoms with Crippen LogP contribution in [-0.2, 0) is 4.79 Å². The Balaban J connectivity index is 1.50. The first-order valence-electron chi connectivity index (χ1n) is 10.5. The normalized spacial score (nSPS) is 17.3. The quantitative estimate of drug-likeness (QED) is 0.468. The number of rotatable bonds is 4. The summed E-state index contributed by atoms with van der Waals surface area (Å²) in [5, 5.41) is 12.1. The number of amides is 1. The summed E-state index contributed by atoms with van der Waals surface area (Å²) < 4.78 is 1.89. The number of nitrogens with zero attached hydrogens (tertiary/aromatic N) is 3. The lowest BCUT2D eigenvalue weighted by atomic mass is 10.0. The van der Waals surface area contributed by atoms with Crippen LogP contribution in [0.1, 0.15) is 22.7 Å². The Bertz CT molecular complexity index is 1240. The molecule has 0 saturated heterocycles. The van der Waals surface area contributed by atoms with Gasteiger partial charge in [-0.25, -0.2) is 4.68 Å². The van der Waals surface area contributed by atoms with E-state index >= 15 is 0 Å². The van der Waals surface area contributed by atoms with Crippen LogP contribution in [0.4, 0.5) is 5.69 Å². The molecular formula is C25H23N5OS. The summed E-state index contributed by atoms with van der Waals surface area (Å²) in [5.41, 5.74) is 8.61. The maximum absolute atomic E-state index is 13.4. The summed E-state index contributed by atoms with van der Waals surface area (Å²) in [6.45, 7) is 4.08. The van der Waals surface area contributed by atoms with E-state index < -0.39 is 5.25 Å². The molecule has 1 aliphatic rings. The van der Waals surface area contributed by atoms with Gasteiger partial charge in [-0.3, -0.25) is 4.79 Å². The number of carbonyl (C=O) groups excluding carboxylic acids is 1. The van der Waals surface area contributed by atoms with Crippen molar-refractivity contribution in [2.75, 3.05) is 10.7 Å². The molecule has 2 atom stereocenters. The van der Waals surface area contributed by atoms with Crippen molar-refractivity contribution < 1.29 is 4.79 Å². The van der Waals surface area contributed by atoms with Crippen LogP contribution in [0, 0.1) is 13.8 Å². The highest BCUT2D eigenvalue weighted by Crippen LogP contribution is 2.39. The fourth-order valence-electron chi connectivity index (χ4n) is 3.70. The van der Waals surface area contributed by atoms with E-state index in [0.717, 1.165) is 28.2 Å². The SMILES string of the molecule is Cc1ccc(NC(=O)C2Sc3nnc(-c4ccccc4)n3NC2c2ccc(C)cc2)cc1. The third-order valence-corrected chi connectivity index (χ3v) is 6.70. The molecule has 0 fully saturated rings. The van der Waals surface area contributed by atoms with E-state index in [1.165, 1.54) is 17.3 Å². The van der Waals surface area contributed by atoms with Crippen LogP contribution in [0.25, 0.3) is 11.4 Å². The number of aryl methyl sites for hydroxylation is 2. The number of nitrogens with one attached hydrogen (secondary N) is 2. The third-order valence-electron chi connectivity index (χ3n) is 5.48. The van der Waals surface area contributed by atoms with E-state index in [0.29, 0.717) is 5.16 Å². The van der Waals surface area contributed by atoms with Crippen molar-refractivity contribution in [1.82, 2.24) is 14.9 Å². The lowest BCUT2D eigenvalue weighted by Gasteiger charge is -2.33. The maximum atomic E-state index is 13.4. The Kier molecular flexibility index (Phi) is 5.41. The lowest BCUT2D eigenvalue weighted by molar-refractivity contribution is -0.116. The molecule has 1 amide bonds. The highest BCUT2D eigenvalue weighted by atomic mass is 32.2. The van der Waals surface area contributed by atoms with Crippen LogP contribution in [0.2, 0.25) is 0 Å². The van der Waals surface area contributed by atoms with Crippen LogP contribution in [0.3, 0.4) is 0 Å². The molecule has 1 aliphatic heterocycles. The fourth-order valence-corrected chi connectivity index (χ4v) is 4.78. The van der Waals surface area contributed by atoms with Crippen molar-refractivity contribution in [2.45, 2.75) is 30.3 Å².